The molecule has 0 aliphatic carbocycles. The van der Waals surface area contributed by atoms with Crippen molar-refractivity contribution in [1.29, 1.82) is 0 Å². The highest BCUT2D eigenvalue weighted by molar-refractivity contribution is 5.54. The molecule has 3 heteroatoms. The van der Waals surface area contributed by atoms with Crippen molar-refractivity contribution in [3.05, 3.63) is 18.0 Å². The van der Waals surface area contributed by atoms with Crippen molar-refractivity contribution in [2.45, 2.75) is 26.4 Å². The van der Waals surface area contributed by atoms with Gasteiger partial charge < -0.3 is 9.88 Å². The molecule has 0 aromatic carbocycles. The second kappa shape index (κ2) is 3.07. The molecule has 3 nitrogen and oxygen atoms in total. The summed E-state index contributed by atoms with van der Waals surface area (Å²) in [6.45, 7) is 6.55. The standard InChI is InChI=1S/C10H17N3/c1-8(2)13-7-12(3)6-9-4-11-5-10(9)13/h4-5,8,11H,6-7H2,1-3H3. The Bertz CT molecular complexity index is 290. The zero-order valence-electron chi connectivity index (χ0n) is 8.54. The van der Waals surface area contributed by atoms with Gasteiger partial charge in [0.05, 0.1) is 12.4 Å². The monoisotopic (exact) mass is 179 g/mol. The Balaban J connectivity index is 2.32. The van der Waals surface area contributed by atoms with Gasteiger partial charge in [0.1, 0.15) is 0 Å². The number of hydrogen-bond donors (Lipinski definition) is 1. The lowest BCUT2D eigenvalue weighted by Crippen LogP contribution is -2.43. The fraction of sp³-hybridized carbons (Fsp3) is 0.600. The Kier molecular flexibility index (Phi) is 2.04. The number of rotatable bonds is 1. The van der Waals surface area contributed by atoms with Crippen molar-refractivity contribution in [1.82, 2.24) is 9.88 Å². The Morgan fingerprint density at radius 1 is 1.38 bits per heavy atom. The van der Waals surface area contributed by atoms with Crippen LogP contribution >= 0.6 is 0 Å². The lowest BCUT2D eigenvalue weighted by atomic mass is 10.2. The predicted octanol–water partition coefficient (Wildman–Crippen LogP) is 1.63. The molecule has 0 saturated heterocycles. The van der Waals surface area contributed by atoms with Gasteiger partial charge in [-0.25, -0.2) is 0 Å². The SMILES string of the molecule is CC(C)N1CN(C)Cc2c[nH]cc21. The topological polar surface area (TPSA) is 22.3 Å². The summed E-state index contributed by atoms with van der Waals surface area (Å²) >= 11 is 0. The van der Waals surface area contributed by atoms with Crippen molar-refractivity contribution in [3.63, 3.8) is 0 Å². The summed E-state index contributed by atoms with van der Waals surface area (Å²) < 4.78 is 0. The third kappa shape index (κ3) is 1.44. The second-order valence-corrected chi connectivity index (χ2v) is 4.08. The van der Waals surface area contributed by atoms with Crippen molar-refractivity contribution in [2.24, 2.45) is 0 Å². The average Bonchev–Trinajstić information content (AvgIpc) is 2.49. The molecule has 1 aromatic heterocycles. The largest absolute Gasteiger partial charge is 0.365 e. The highest BCUT2D eigenvalue weighted by Gasteiger charge is 2.22. The van der Waals surface area contributed by atoms with E-state index in [1.807, 2.05) is 0 Å². The number of aromatic amines is 1. The maximum atomic E-state index is 3.18. The third-order valence-electron chi connectivity index (χ3n) is 2.57. The van der Waals surface area contributed by atoms with E-state index in [4.69, 9.17) is 0 Å². The number of nitrogens with one attached hydrogen (secondary N) is 1. The van der Waals surface area contributed by atoms with Gasteiger partial charge in [-0.2, -0.15) is 0 Å². The van der Waals surface area contributed by atoms with E-state index in [1.54, 1.807) is 0 Å². The zero-order valence-corrected chi connectivity index (χ0v) is 8.54. The van der Waals surface area contributed by atoms with Crippen LogP contribution in [0, 0.1) is 0 Å². The number of H-pyrrole nitrogens is 1. The number of hydrogen-bond acceptors (Lipinski definition) is 2. The smallest absolute Gasteiger partial charge is 0.0711 e. The lowest BCUT2D eigenvalue weighted by Gasteiger charge is -2.37. The number of anilines is 1. The molecule has 72 valence electrons. The summed E-state index contributed by atoms with van der Waals surface area (Å²) in [4.78, 5) is 7.92. The van der Waals surface area contributed by atoms with Crippen LogP contribution in [0.15, 0.2) is 12.4 Å². The van der Waals surface area contributed by atoms with Gasteiger partial charge in [-0.1, -0.05) is 0 Å². The van der Waals surface area contributed by atoms with Gasteiger partial charge in [-0.15, -0.1) is 0 Å². The molecule has 0 unspecified atom stereocenters. The van der Waals surface area contributed by atoms with Gasteiger partial charge in [0, 0.05) is 30.5 Å². The van der Waals surface area contributed by atoms with Gasteiger partial charge in [0.25, 0.3) is 0 Å². The van der Waals surface area contributed by atoms with Crippen LogP contribution in [0.25, 0.3) is 0 Å². The van der Waals surface area contributed by atoms with Crippen LogP contribution < -0.4 is 4.90 Å². The number of nitrogens with zero attached hydrogens (tertiary/aromatic N) is 2. The van der Waals surface area contributed by atoms with E-state index >= 15 is 0 Å². The first-order chi connectivity index (χ1) is 6.18. The van der Waals surface area contributed by atoms with Crippen LogP contribution in [0.5, 0.6) is 0 Å². The predicted molar refractivity (Wildman–Crippen MR) is 54.7 cm³/mol. The van der Waals surface area contributed by atoms with Gasteiger partial charge >= 0.3 is 0 Å². The summed E-state index contributed by atoms with van der Waals surface area (Å²) in [5.41, 5.74) is 2.77. The van der Waals surface area contributed by atoms with Crippen LogP contribution in [0.2, 0.25) is 0 Å². The molecular weight excluding hydrogens is 162 g/mol. The van der Waals surface area contributed by atoms with Crippen LogP contribution in [0.3, 0.4) is 0 Å². The summed E-state index contributed by atoms with van der Waals surface area (Å²) in [5, 5.41) is 0. The third-order valence-corrected chi connectivity index (χ3v) is 2.57. The zero-order chi connectivity index (χ0) is 9.42. The maximum absolute atomic E-state index is 3.18. The molecule has 1 N–H and O–H groups in total. The minimum absolute atomic E-state index is 0.567. The van der Waals surface area contributed by atoms with Crippen LogP contribution in [0.1, 0.15) is 19.4 Å². The number of aromatic nitrogens is 1. The number of fused-ring (bicyclic) bond motifs is 1. The molecule has 1 aromatic rings. The van der Waals surface area contributed by atoms with E-state index in [2.05, 4.69) is 48.1 Å². The molecule has 2 heterocycles. The molecule has 0 amide bonds. The van der Waals surface area contributed by atoms with E-state index in [-0.39, 0.29) is 0 Å². The second-order valence-electron chi connectivity index (χ2n) is 4.08. The molecule has 0 radical (unpaired) electrons. The van der Waals surface area contributed by atoms with Crippen molar-refractivity contribution >= 4 is 5.69 Å². The van der Waals surface area contributed by atoms with Crippen LogP contribution in [-0.4, -0.2) is 29.6 Å². The minimum Gasteiger partial charge on any atom is -0.365 e. The Morgan fingerprint density at radius 3 is 2.85 bits per heavy atom. The van der Waals surface area contributed by atoms with Gasteiger partial charge in [0.2, 0.25) is 0 Å². The Labute approximate surface area is 79.3 Å². The molecule has 0 bridgehead atoms. The van der Waals surface area contributed by atoms with Gasteiger partial charge in [-0.3, -0.25) is 4.90 Å². The summed E-state index contributed by atoms with van der Waals surface area (Å²) in [5.74, 6) is 0. The van der Waals surface area contributed by atoms with E-state index in [1.165, 1.54) is 11.3 Å². The first-order valence-electron chi connectivity index (χ1n) is 4.79. The molecular formula is C10H17N3. The molecule has 0 spiro atoms. The highest BCUT2D eigenvalue weighted by atomic mass is 15.3. The molecule has 1 aliphatic heterocycles. The molecule has 0 atom stereocenters. The van der Waals surface area contributed by atoms with E-state index < -0.39 is 0 Å². The Hall–Kier alpha value is -0.960. The molecule has 0 fully saturated rings. The van der Waals surface area contributed by atoms with Crippen LogP contribution in [0.4, 0.5) is 5.69 Å². The summed E-state index contributed by atoms with van der Waals surface area (Å²) in [6, 6.07) is 0.567. The van der Waals surface area contributed by atoms with E-state index in [0.29, 0.717) is 6.04 Å². The van der Waals surface area contributed by atoms with Crippen molar-refractivity contribution in [3.8, 4) is 0 Å². The van der Waals surface area contributed by atoms with Crippen molar-refractivity contribution < 1.29 is 0 Å². The molecule has 1 aliphatic rings. The van der Waals surface area contributed by atoms with E-state index in [9.17, 15) is 0 Å². The van der Waals surface area contributed by atoms with Crippen LogP contribution in [-0.2, 0) is 6.54 Å². The highest BCUT2D eigenvalue weighted by Crippen LogP contribution is 2.27. The van der Waals surface area contributed by atoms with Gasteiger partial charge in [-0.05, 0) is 20.9 Å². The fourth-order valence-electron chi connectivity index (χ4n) is 1.90. The fourth-order valence-corrected chi connectivity index (χ4v) is 1.90. The average molecular weight is 179 g/mol. The molecule has 0 saturated carbocycles. The quantitative estimate of drug-likeness (QED) is 0.708. The maximum Gasteiger partial charge on any atom is 0.0711 e. The molecule has 13 heavy (non-hydrogen) atoms. The first-order valence-corrected chi connectivity index (χ1v) is 4.79. The molecule has 2 rings (SSSR count). The van der Waals surface area contributed by atoms with Crippen molar-refractivity contribution in [2.75, 3.05) is 18.6 Å². The first kappa shape index (κ1) is 8.63. The lowest BCUT2D eigenvalue weighted by molar-refractivity contribution is 0.301. The summed E-state index contributed by atoms with van der Waals surface area (Å²) in [7, 11) is 2.16. The normalized spacial score (nSPS) is 18.0. The summed E-state index contributed by atoms with van der Waals surface area (Å²) in [6.07, 6.45) is 4.20. The van der Waals surface area contributed by atoms with Gasteiger partial charge in [0.15, 0.2) is 0 Å². The van der Waals surface area contributed by atoms with E-state index in [0.717, 1.165) is 13.2 Å². The minimum atomic E-state index is 0.567. The Morgan fingerprint density at radius 2 is 2.15 bits per heavy atom.